The van der Waals surface area contributed by atoms with Crippen molar-refractivity contribution in [2.45, 2.75) is 31.1 Å². The van der Waals surface area contributed by atoms with Gasteiger partial charge in [-0.05, 0) is 30.5 Å². The van der Waals surface area contributed by atoms with Gasteiger partial charge in [-0.25, -0.2) is 0 Å². The molecule has 5 heteroatoms. The highest BCUT2D eigenvalue weighted by molar-refractivity contribution is 5.43. The van der Waals surface area contributed by atoms with Crippen molar-refractivity contribution in [3.63, 3.8) is 0 Å². The van der Waals surface area contributed by atoms with E-state index in [-0.39, 0.29) is 12.2 Å². The third-order valence-corrected chi connectivity index (χ3v) is 6.08. The molecule has 3 saturated heterocycles. The summed E-state index contributed by atoms with van der Waals surface area (Å²) in [6.45, 7) is 4.42. The van der Waals surface area contributed by atoms with Crippen LogP contribution in [0.5, 0.6) is 11.5 Å². The van der Waals surface area contributed by atoms with Crippen LogP contribution in [-0.2, 0) is 11.3 Å². The molecule has 4 heterocycles. The number of aliphatic hydroxyl groups excluding tert-OH is 1. The highest BCUT2D eigenvalue weighted by Crippen LogP contribution is 2.54. The Bertz CT molecular complexity index is 621. The molecule has 0 saturated carbocycles. The lowest BCUT2D eigenvalue weighted by molar-refractivity contribution is 0.000373. The fraction of sp³-hybridized carbons (Fsp3) is 0.667. The Morgan fingerprint density at radius 1 is 1.22 bits per heavy atom. The number of ether oxygens (including phenoxy) is 3. The maximum absolute atomic E-state index is 9.71. The first kappa shape index (κ1) is 14.1. The van der Waals surface area contributed by atoms with Gasteiger partial charge in [0, 0.05) is 38.1 Å². The molecule has 0 aliphatic carbocycles. The summed E-state index contributed by atoms with van der Waals surface area (Å²) in [4.78, 5) is 2.47. The zero-order valence-electron chi connectivity index (χ0n) is 13.2. The zero-order valence-corrected chi connectivity index (χ0v) is 13.2. The van der Waals surface area contributed by atoms with Crippen molar-refractivity contribution in [1.82, 2.24) is 4.90 Å². The molecule has 4 atom stereocenters. The van der Waals surface area contributed by atoms with Gasteiger partial charge in [-0.3, -0.25) is 4.90 Å². The van der Waals surface area contributed by atoms with Crippen LogP contribution in [0.2, 0.25) is 0 Å². The van der Waals surface area contributed by atoms with Crippen LogP contribution < -0.4 is 9.47 Å². The summed E-state index contributed by atoms with van der Waals surface area (Å²) in [5.74, 6) is 2.52. The van der Waals surface area contributed by atoms with Crippen molar-refractivity contribution in [2.75, 3.05) is 32.9 Å². The number of nitrogens with zero attached hydrogens (tertiary/aromatic N) is 1. The van der Waals surface area contributed by atoms with E-state index in [1.807, 2.05) is 6.07 Å². The molecule has 0 unspecified atom stereocenters. The maximum Gasteiger partial charge on any atom is 0.161 e. The largest absolute Gasteiger partial charge is 0.486 e. The molecule has 4 aliphatic rings. The highest BCUT2D eigenvalue weighted by atomic mass is 16.6. The zero-order chi connectivity index (χ0) is 15.4. The van der Waals surface area contributed by atoms with Gasteiger partial charge < -0.3 is 19.3 Å². The third kappa shape index (κ3) is 2.10. The molecule has 0 radical (unpaired) electrons. The topological polar surface area (TPSA) is 51.2 Å². The fourth-order valence-electron chi connectivity index (χ4n) is 5.10. The van der Waals surface area contributed by atoms with Crippen molar-refractivity contribution in [3.05, 3.63) is 23.8 Å². The summed E-state index contributed by atoms with van der Waals surface area (Å²) in [5, 5.41) is 9.71. The normalized spacial score (nSPS) is 38.0. The molecule has 3 fully saturated rings. The van der Waals surface area contributed by atoms with Crippen molar-refractivity contribution in [1.29, 1.82) is 0 Å². The molecule has 1 N–H and O–H groups in total. The van der Waals surface area contributed by atoms with E-state index >= 15 is 0 Å². The number of rotatable bonds is 3. The SMILES string of the molecule is OC[C@H]1[C@@H]2CC[C@@]3(CN(Cc4ccc5c(c4)OCCO5)C[C@@H]13)O2. The van der Waals surface area contributed by atoms with Gasteiger partial charge in [0.25, 0.3) is 0 Å². The number of aliphatic hydroxyl groups is 1. The minimum atomic E-state index is 0.00584. The lowest BCUT2D eigenvalue weighted by Gasteiger charge is -2.28. The van der Waals surface area contributed by atoms with Crippen LogP contribution in [0.15, 0.2) is 18.2 Å². The summed E-state index contributed by atoms with van der Waals surface area (Å²) >= 11 is 0. The Labute approximate surface area is 136 Å². The van der Waals surface area contributed by atoms with Crippen LogP contribution in [0.25, 0.3) is 0 Å². The monoisotopic (exact) mass is 317 g/mol. The van der Waals surface area contributed by atoms with E-state index in [1.54, 1.807) is 0 Å². The van der Waals surface area contributed by atoms with Crippen molar-refractivity contribution < 1.29 is 19.3 Å². The van der Waals surface area contributed by atoms with E-state index in [0.717, 1.165) is 44.0 Å². The first-order chi connectivity index (χ1) is 11.3. The van der Waals surface area contributed by atoms with E-state index in [4.69, 9.17) is 14.2 Å². The van der Waals surface area contributed by atoms with Gasteiger partial charge in [0.1, 0.15) is 13.2 Å². The van der Waals surface area contributed by atoms with Gasteiger partial charge in [-0.15, -0.1) is 0 Å². The van der Waals surface area contributed by atoms with E-state index in [2.05, 4.69) is 17.0 Å². The number of benzene rings is 1. The Morgan fingerprint density at radius 3 is 2.96 bits per heavy atom. The van der Waals surface area contributed by atoms with Gasteiger partial charge in [-0.2, -0.15) is 0 Å². The molecular weight excluding hydrogens is 294 g/mol. The smallest absolute Gasteiger partial charge is 0.161 e. The predicted molar refractivity (Wildman–Crippen MR) is 83.6 cm³/mol. The molecule has 4 aliphatic heterocycles. The maximum atomic E-state index is 9.71. The molecule has 1 aromatic carbocycles. The van der Waals surface area contributed by atoms with Gasteiger partial charge >= 0.3 is 0 Å². The van der Waals surface area contributed by atoms with Crippen LogP contribution in [0.3, 0.4) is 0 Å². The molecule has 0 amide bonds. The first-order valence-electron chi connectivity index (χ1n) is 8.67. The predicted octanol–water partition coefficient (Wildman–Crippen LogP) is 1.43. The molecular formula is C18H23NO4. The second-order valence-corrected chi connectivity index (χ2v) is 7.36. The second kappa shape index (κ2) is 5.10. The molecule has 5 rings (SSSR count). The summed E-state index contributed by atoms with van der Waals surface area (Å²) in [5.41, 5.74) is 1.26. The molecule has 23 heavy (non-hydrogen) atoms. The van der Waals surface area contributed by atoms with Gasteiger partial charge in [0.05, 0.1) is 11.7 Å². The van der Waals surface area contributed by atoms with E-state index in [1.165, 1.54) is 5.56 Å². The minimum Gasteiger partial charge on any atom is -0.486 e. The van der Waals surface area contributed by atoms with Crippen LogP contribution in [0.4, 0.5) is 0 Å². The molecule has 0 aromatic heterocycles. The van der Waals surface area contributed by atoms with Gasteiger partial charge in [-0.1, -0.05) is 6.07 Å². The second-order valence-electron chi connectivity index (χ2n) is 7.36. The summed E-state index contributed by atoms with van der Waals surface area (Å²) in [7, 11) is 0. The Morgan fingerprint density at radius 2 is 2.09 bits per heavy atom. The van der Waals surface area contributed by atoms with Crippen LogP contribution in [-0.4, -0.2) is 54.6 Å². The Balaban J connectivity index is 1.33. The molecule has 2 bridgehead atoms. The number of fused-ring (bicyclic) bond motifs is 2. The molecule has 5 nitrogen and oxygen atoms in total. The van der Waals surface area contributed by atoms with E-state index in [9.17, 15) is 5.11 Å². The van der Waals surface area contributed by atoms with E-state index < -0.39 is 0 Å². The molecule has 1 spiro atoms. The molecule has 124 valence electrons. The number of hydrogen-bond acceptors (Lipinski definition) is 5. The standard InChI is InChI=1S/C18H23NO4/c20-10-13-14-9-19(11-18(14)4-3-15(13)23-18)8-12-1-2-16-17(7-12)22-6-5-21-16/h1-2,7,13-15,20H,3-6,8-11H2/t13-,14+,15+,18+/m1/s1. The number of hydrogen-bond donors (Lipinski definition) is 1. The molecule has 1 aromatic rings. The quantitative estimate of drug-likeness (QED) is 0.914. The summed E-state index contributed by atoms with van der Waals surface area (Å²) in [6, 6.07) is 6.24. The van der Waals surface area contributed by atoms with Crippen molar-refractivity contribution in [3.8, 4) is 11.5 Å². The van der Waals surface area contributed by atoms with Crippen LogP contribution >= 0.6 is 0 Å². The highest BCUT2D eigenvalue weighted by Gasteiger charge is 2.62. The van der Waals surface area contributed by atoms with Gasteiger partial charge in [0.2, 0.25) is 0 Å². The third-order valence-electron chi connectivity index (χ3n) is 6.08. The number of likely N-dealkylation sites (tertiary alicyclic amines) is 1. The Hall–Kier alpha value is -1.30. The summed E-state index contributed by atoms with van der Waals surface area (Å²) < 4.78 is 17.6. The van der Waals surface area contributed by atoms with Crippen molar-refractivity contribution in [2.24, 2.45) is 11.8 Å². The summed E-state index contributed by atoms with van der Waals surface area (Å²) in [6.07, 6.45) is 2.55. The average molecular weight is 317 g/mol. The van der Waals surface area contributed by atoms with E-state index in [0.29, 0.717) is 31.2 Å². The van der Waals surface area contributed by atoms with Crippen LogP contribution in [0, 0.1) is 11.8 Å². The first-order valence-corrected chi connectivity index (χ1v) is 8.67. The van der Waals surface area contributed by atoms with Crippen molar-refractivity contribution >= 4 is 0 Å². The minimum absolute atomic E-state index is 0.00584. The average Bonchev–Trinajstić information content (AvgIpc) is 3.21. The Kier molecular flexibility index (Phi) is 3.12. The lowest BCUT2D eigenvalue weighted by Crippen LogP contribution is -2.37. The van der Waals surface area contributed by atoms with Crippen LogP contribution in [0.1, 0.15) is 18.4 Å². The fourth-order valence-corrected chi connectivity index (χ4v) is 5.10. The lowest BCUT2D eigenvalue weighted by atomic mass is 9.74. The van der Waals surface area contributed by atoms with Gasteiger partial charge in [0.15, 0.2) is 11.5 Å².